The molecule has 1 N–H and O–H groups in total. The molecular weight excluding hydrogens is 625 g/mol. The fourth-order valence-electron chi connectivity index (χ4n) is 6.62. The van der Waals surface area contributed by atoms with Crippen molar-refractivity contribution in [1.29, 1.82) is 0 Å². The Morgan fingerprint density at radius 2 is 1.73 bits per heavy atom. The average molecular weight is 666 g/mol. The molecule has 0 radical (unpaired) electrons. The van der Waals surface area contributed by atoms with E-state index in [-0.39, 0.29) is 11.9 Å². The zero-order valence-corrected chi connectivity index (χ0v) is 28.2. The van der Waals surface area contributed by atoms with E-state index < -0.39 is 17.7 Å². The number of carboxylic acid groups (broad SMARTS) is 1. The lowest BCUT2D eigenvalue weighted by Crippen LogP contribution is -2.29. The first-order valence-corrected chi connectivity index (χ1v) is 16.8. The Morgan fingerprint density at radius 3 is 2.55 bits per heavy atom. The number of hydrogen-bond acceptors (Lipinski definition) is 7. The predicted octanol–water partition coefficient (Wildman–Crippen LogP) is 8.52. The predicted molar refractivity (Wildman–Crippen MR) is 183 cm³/mol. The molecule has 3 aromatic carbocycles. The molecule has 0 fully saturated rings. The van der Waals surface area contributed by atoms with Gasteiger partial charge in [0.15, 0.2) is 11.8 Å². The lowest BCUT2D eigenvalue weighted by molar-refractivity contribution is -0.160. The molecular formula is C39H40FN3O6. The fourth-order valence-corrected chi connectivity index (χ4v) is 6.62. The molecule has 2 aliphatic heterocycles. The van der Waals surface area contributed by atoms with Crippen LogP contribution in [0.3, 0.4) is 0 Å². The summed E-state index contributed by atoms with van der Waals surface area (Å²) in [5.41, 5.74) is 6.02. The highest BCUT2D eigenvalue weighted by Gasteiger charge is 2.34. The van der Waals surface area contributed by atoms with Crippen molar-refractivity contribution in [3.8, 4) is 45.1 Å². The number of carbonyl (C=O) groups is 1. The van der Waals surface area contributed by atoms with Crippen LogP contribution in [-0.2, 0) is 14.3 Å². The van der Waals surface area contributed by atoms with Crippen LogP contribution in [0.25, 0.3) is 39.3 Å². The van der Waals surface area contributed by atoms with Crippen molar-refractivity contribution in [3.63, 3.8) is 0 Å². The first-order valence-electron chi connectivity index (χ1n) is 16.8. The number of hydrogen-bond donors (Lipinski definition) is 1. The Bertz CT molecular complexity index is 2030. The SMILES string of the molecule is Cc1nc2cc3nn2c(c1[C@H](OC(C)(C)C)C(=O)O)-c1ccc2c(c1)C(CCO2)OCCCCCOc1cc(F)ccc1-c1cccc-3c1. The summed E-state index contributed by atoms with van der Waals surface area (Å²) in [6.07, 6.45) is 1.70. The Morgan fingerprint density at radius 1 is 0.939 bits per heavy atom. The van der Waals surface area contributed by atoms with E-state index in [0.717, 1.165) is 52.8 Å². The molecule has 0 aliphatic carbocycles. The molecule has 5 aromatic rings. The monoisotopic (exact) mass is 665 g/mol. The quantitative estimate of drug-likeness (QED) is 0.205. The van der Waals surface area contributed by atoms with E-state index in [9.17, 15) is 14.3 Å². The van der Waals surface area contributed by atoms with Gasteiger partial charge in [0.2, 0.25) is 0 Å². The van der Waals surface area contributed by atoms with Crippen molar-refractivity contribution in [2.45, 2.75) is 71.2 Å². The first-order chi connectivity index (χ1) is 23.6. The summed E-state index contributed by atoms with van der Waals surface area (Å²) in [4.78, 5) is 17.8. The van der Waals surface area contributed by atoms with Crippen LogP contribution in [0, 0.1) is 12.7 Å². The van der Waals surface area contributed by atoms with E-state index in [1.54, 1.807) is 17.5 Å². The molecule has 2 aliphatic rings. The van der Waals surface area contributed by atoms with E-state index in [2.05, 4.69) is 0 Å². The number of fused-ring (bicyclic) bond motifs is 8. The van der Waals surface area contributed by atoms with Gasteiger partial charge >= 0.3 is 5.97 Å². The van der Waals surface area contributed by atoms with Gasteiger partial charge in [0.05, 0.1) is 36.3 Å². The third kappa shape index (κ3) is 6.75. The van der Waals surface area contributed by atoms with Crippen LogP contribution in [0.5, 0.6) is 11.5 Å². The molecule has 1 unspecified atom stereocenters. The van der Waals surface area contributed by atoms with Crippen molar-refractivity contribution in [2.75, 3.05) is 19.8 Å². The van der Waals surface area contributed by atoms with Gasteiger partial charge in [-0.15, -0.1) is 0 Å². The Hall–Kier alpha value is -4.80. The van der Waals surface area contributed by atoms with Gasteiger partial charge < -0.3 is 24.1 Å². The minimum Gasteiger partial charge on any atom is -0.493 e. The van der Waals surface area contributed by atoms with Crippen LogP contribution < -0.4 is 9.47 Å². The second kappa shape index (κ2) is 13.2. The van der Waals surface area contributed by atoms with Gasteiger partial charge in [-0.25, -0.2) is 18.7 Å². The second-order valence-corrected chi connectivity index (χ2v) is 13.6. The maximum atomic E-state index is 14.4. The molecule has 6 bridgehead atoms. The third-order valence-corrected chi connectivity index (χ3v) is 8.83. The maximum Gasteiger partial charge on any atom is 0.337 e. The van der Waals surface area contributed by atoms with Crippen LogP contribution >= 0.6 is 0 Å². The number of aliphatic carboxylic acids is 1. The van der Waals surface area contributed by atoms with Crippen molar-refractivity contribution in [3.05, 3.63) is 89.4 Å². The molecule has 2 aromatic heterocycles. The zero-order chi connectivity index (χ0) is 34.3. The van der Waals surface area contributed by atoms with Gasteiger partial charge in [-0.05, 0) is 88.9 Å². The molecule has 0 spiro atoms. The third-order valence-electron chi connectivity index (χ3n) is 8.83. The van der Waals surface area contributed by atoms with Gasteiger partial charge in [0, 0.05) is 58.7 Å². The average Bonchev–Trinajstić information content (AvgIpc) is 3.49. The summed E-state index contributed by atoms with van der Waals surface area (Å²) in [6, 6.07) is 20.2. The van der Waals surface area contributed by atoms with Crippen molar-refractivity contribution in [1.82, 2.24) is 14.6 Å². The summed E-state index contributed by atoms with van der Waals surface area (Å²) < 4.78 is 40.9. The van der Waals surface area contributed by atoms with E-state index in [4.69, 9.17) is 29.0 Å². The molecule has 0 amide bonds. The number of nitrogens with zero attached hydrogens (tertiary/aromatic N) is 3. The molecule has 2 atom stereocenters. The van der Waals surface area contributed by atoms with Crippen molar-refractivity contribution >= 4 is 11.6 Å². The Balaban J connectivity index is 1.47. The highest BCUT2D eigenvalue weighted by molar-refractivity contribution is 5.82. The van der Waals surface area contributed by atoms with Gasteiger partial charge in [0.25, 0.3) is 0 Å². The minimum absolute atomic E-state index is 0.195. The summed E-state index contributed by atoms with van der Waals surface area (Å²) >= 11 is 0. The maximum absolute atomic E-state index is 14.4. The van der Waals surface area contributed by atoms with Gasteiger partial charge in [-0.2, -0.15) is 5.10 Å². The highest BCUT2D eigenvalue weighted by atomic mass is 19.1. The summed E-state index contributed by atoms with van der Waals surface area (Å²) in [5.74, 6) is -0.267. The molecule has 254 valence electrons. The van der Waals surface area contributed by atoms with Crippen molar-refractivity contribution in [2.24, 2.45) is 0 Å². The van der Waals surface area contributed by atoms with Crippen LogP contribution in [-0.4, -0.2) is 51.1 Å². The highest BCUT2D eigenvalue weighted by Crippen LogP contribution is 2.42. The number of rotatable bonds is 3. The molecule has 4 heterocycles. The largest absolute Gasteiger partial charge is 0.493 e. The number of benzene rings is 3. The van der Waals surface area contributed by atoms with Crippen LogP contribution in [0.4, 0.5) is 4.39 Å². The molecule has 0 saturated carbocycles. The van der Waals surface area contributed by atoms with Crippen LogP contribution in [0.1, 0.15) is 75.5 Å². The summed E-state index contributed by atoms with van der Waals surface area (Å²) in [7, 11) is 0. The van der Waals surface area contributed by atoms with E-state index in [1.165, 1.54) is 12.1 Å². The standard InChI is InChI=1S/C39H40FN3O6/c1-23-35(37(38(44)45)49-39(2,3)4)36-26-11-14-31-29(20-26)32(15-18-48-31)46-16-6-5-7-17-47-33-21-27(40)12-13-28(33)24-9-8-10-25(19-24)30-22-34(41-23)43(36)42-30/h8-14,19-22,32,37H,5-7,15-18H2,1-4H3,(H,44,45)/t32?,37-/m0/s1. The van der Waals surface area contributed by atoms with Gasteiger partial charge in [0.1, 0.15) is 17.3 Å². The second-order valence-electron chi connectivity index (χ2n) is 13.6. The van der Waals surface area contributed by atoms with E-state index in [0.29, 0.717) is 60.3 Å². The van der Waals surface area contributed by atoms with Crippen LogP contribution in [0.15, 0.2) is 66.7 Å². The topological polar surface area (TPSA) is 104 Å². The number of aromatic nitrogens is 3. The summed E-state index contributed by atoms with van der Waals surface area (Å²) in [5, 5.41) is 15.6. The smallest absolute Gasteiger partial charge is 0.337 e. The van der Waals surface area contributed by atoms with E-state index in [1.807, 2.05) is 69.3 Å². The van der Waals surface area contributed by atoms with E-state index >= 15 is 0 Å². The number of aryl methyl sites for hydroxylation is 1. The molecule has 49 heavy (non-hydrogen) atoms. The van der Waals surface area contributed by atoms with Gasteiger partial charge in [-0.1, -0.05) is 18.2 Å². The molecule has 7 rings (SSSR count). The molecule has 10 heteroatoms. The Kier molecular flexibility index (Phi) is 8.85. The fraction of sp³-hybridized carbons (Fsp3) is 0.359. The minimum atomic E-state index is -1.32. The molecule has 0 saturated heterocycles. The lowest BCUT2D eigenvalue weighted by atomic mass is 9.94. The number of ether oxygens (including phenoxy) is 4. The first kappa shape index (κ1) is 32.7. The van der Waals surface area contributed by atoms with Crippen molar-refractivity contribution < 1.29 is 33.2 Å². The normalized spacial score (nSPS) is 17.1. The lowest BCUT2D eigenvalue weighted by Gasteiger charge is -2.29. The van der Waals surface area contributed by atoms with Crippen LogP contribution in [0.2, 0.25) is 0 Å². The number of halogens is 1. The Labute approximate surface area is 284 Å². The summed E-state index contributed by atoms with van der Waals surface area (Å²) in [6.45, 7) is 8.84. The molecule has 9 nitrogen and oxygen atoms in total. The zero-order valence-electron chi connectivity index (χ0n) is 28.2. The number of carboxylic acids is 1. The van der Waals surface area contributed by atoms with Gasteiger partial charge in [-0.3, -0.25) is 0 Å².